The van der Waals surface area contributed by atoms with E-state index >= 15 is 0 Å². The number of aryl methyl sites for hydroxylation is 3. The Kier molecular flexibility index (Phi) is 2.67. The van der Waals surface area contributed by atoms with Crippen molar-refractivity contribution in [2.24, 2.45) is 0 Å². The molecule has 0 spiro atoms. The molecule has 0 aliphatic heterocycles. The molecule has 1 aliphatic carbocycles. The van der Waals surface area contributed by atoms with Crippen LogP contribution < -0.4 is 5.73 Å². The van der Waals surface area contributed by atoms with E-state index in [0.29, 0.717) is 0 Å². The molecule has 1 nitrogen and oxygen atoms in total. The van der Waals surface area contributed by atoms with Crippen molar-refractivity contribution in [3.8, 4) is 11.1 Å². The molecule has 1 heterocycles. The second kappa shape index (κ2) is 4.19. The van der Waals surface area contributed by atoms with Crippen molar-refractivity contribution in [2.45, 2.75) is 32.6 Å². The predicted octanol–water partition coefficient (Wildman–Crippen LogP) is 4.05. The molecule has 0 saturated carbocycles. The Bertz CT molecular complexity index is 554. The summed E-state index contributed by atoms with van der Waals surface area (Å²) in [5.74, 6) is 0. The Labute approximate surface area is 106 Å². The van der Waals surface area contributed by atoms with Crippen LogP contribution in [0.1, 0.15) is 29.3 Å². The molecule has 0 unspecified atom stereocenters. The third kappa shape index (κ3) is 1.87. The van der Waals surface area contributed by atoms with E-state index in [1.807, 2.05) is 0 Å². The van der Waals surface area contributed by atoms with Gasteiger partial charge in [-0.15, -0.1) is 11.3 Å². The summed E-state index contributed by atoms with van der Waals surface area (Å²) < 4.78 is 0. The average molecular weight is 243 g/mol. The van der Waals surface area contributed by atoms with Crippen molar-refractivity contribution in [3.05, 3.63) is 40.3 Å². The van der Waals surface area contributed by atoms with Gasteiger partial charge in [0.2, 0.25) is 0 Å². The fourth-order valence-corrected chi connectivity index (χ4v) is 3.49. The monoisotopic (exact) mass is 243 g/mol. The van der Waals surface area contributed by atoms with Gasteiger partial charge in [0, 0.05) is 10.4 Å². The van der Waals surface area contributed by atoms with Gasteiger partial charge >= 0.3 is 0 Å². The highest BCUT2D eigenvalue weighted by Crippen LogP contribution is 2.36. The fraction of sp³-hybridized carbons (Fsp3) is 0.333. The molecule has 1 aromatic carbocycles. The highest BCUT2D eigenvalue weighted by molar-refractivity contribution is 7.16. The van der Waals surface area contributed by atoms with E-state index in [1.54, 1.807) is 11.3 Å². The Morgan fingerprint density at radius 3 is 2.76 bits per heavy atom. The predicted molar refractivity (Wildman–Crippen MR) is 75.6 cm³/mol. The molecule has 0 fully saturated rings. The van der Waals surface area contributed by atoms with Crippen LogP contribution in [0.4, 0.5) is 5.00 Å². The number of thiophene rings is 1. The molecule has 3 rings (SSSR count). The SMILES string of the molecule is CCc1cc(-c2ccc3c(c2)CCC3)c(N)s1. The number of nitrogen functional groups attached to an aromatic ring is 1. The van der Waals surface area contributed by atoms with Gasteiger partial charge < -0.3 is 5.73 Å². The lowest BCUT2D eigenvalue weighted by Crippen LogP contribution is -1.86. The summed E-state index contributed by atoms with van der Waals surface area (Å²) in [4.78, 5) is 1.37. The first kappa shape index (κ1) is 10.8. The summed E-state index contributed by atoms with van der Waals surface area (Å²) in [5.41, 5.74) is 11.7. The van der Waals surface area contributed by atoms with Gasteiger partial charge in [-0.3, -0.25) is 0 Å². The summed E-state index contributed by atoms with van der Waals surface area (Å²) in [7, 11) is 0. The second-order valence-corrected chi connectivity index (χ2v) is 5.85. The highest BCUT2D eigenvalue weighted by Gasteiger charge is 2.13. The van der Waals surface area contributed by atoms with Crippen LogP contribution in [0, 0.1) is 0 Å². The molecule has 0 bridgehead atoms. The van der Waals surface area contributed by atoms with Crippen LogP contribution in [0.2, 0.25) is 0 Å². The van der Waals surface area contributed by atoms with Crippen LogP contribution in [0.15, 0.2) is 24.3 Å². The second-order valence-electron chi connectivity index (χ2n) is 4.68. The van der Waals surface area contributed by atoms with Gasteiger partial charge in [0.15, 0.2) is 0 Å². The third-order valence-corrected chi connectivity index (χ3v) is 4.68. The lowest BCUT2D eigenvalue weighted by atomic mass is 10.0. The largest absolute Gasteiger partial charge is 0.390 e. The standard InChI is InChI=1S/C15H17NS/c1-2-13-9-14(15(16)17-13)12-7-6-10-4-3-5-11(10)8-12/h6-9H,2-5,16H2,1H3. The molecule has 0 saturated heterocycles. The van der Waals surface area contributed by atoms with Crippen molar-refractivity contribution < 1.29 is 0 Å². The van der Waals surface area contributed by atoms with Gasteiger partial charge in [0.25, 0.3) is 0 Å². The van der Waals surface area contributed by atoms with Crippen molar-refractivity contribution in [2.75, 3.05) is 5.73 Å². The molecule has 88 valence electrons. The van der Waals surface area contributed by atoms with Crippen LogP contribution >= 0.6 is 11.3 Å². The zero-order valence-electron chi connectivity index (χ0n) is 10.1. The summed E-state index contributed by atoms with van der Waals surface area (Å²) in [5, 5.41) is 0.958. The Hall–Kier alpha value is -1.28. The first-order chi connectivity index (χ1) is 8.28. The molecule has 0 amide bonds. The Morgan fingerprint density at radius 1 is 1.18 bits per heavy atom. The lowest BCUT2D eigenvalue weighted by molar-refractivity contribution is 0.912. The maximum atomic E-state index is 6.11. The molecule has 2 N–H and O–H groups in total. The van der Waals surface area contributed by atoms with Gasteiger partial charge in [-0.05, 0) is 48.4 Å². The van der Waals surface area contributed by atoms with E-state index in [9.17, 15) is 0 Å². The van der Waals surface area contributed by atoms with Gasteiger partial charge in [-0.25, -0.2) is 0 Å². The van der Waals surface area contributed by atoms with Gasteiger partial charge in [-0.1, -0.05) is 25.1 Å². The van der Waals surface area contributed by atoms with E-state index in [1.165, 1.54) is 46.4 Å². The van der Waals surface area contributed by atoms with Crippen molar-refractivity contribution >= 4 is 16.3 Å². The molecule has 2 heteroatoms. The average Bonchev–Trinajstić information content (AvgIpc) is 2.93. The zero-order chi connectivity index (χ0) is 11.8. The highest BCUT2D eigenvalue weighted by atomic mass is 32.1. The number of anilines is 1. The maximum Gasteiger partial charge on any atom is 0.0938 e. The molecular weight excluding hydrogens is 226 g/mol. The summed E-state index contributed by atoms with van der Waals surface area (Å²) in [6, 6.07) is 9.08. The number of benzene rings is 1. The third-order valence-electron chi connectivity index (χ3n) is 3.57. The van der Waals surface area contributed by atoms with Crippen LogP contribution in [-0.2, 0) is 19.3 Å². The molecular formula is C15H17NS. The first-order valence-electron chi connectivity index (χ1n) is 6.28. The normalized spacial score (nSPS) is 13.9. The number of nitrogens with two attached hydrogens (primary N) is 1. The van der Waals surface area contributed by atoms with Gasteiger partial charge in [-0.2, -0.15) is 0 Å². The number of rotatable bonds is 2. The van der Waals surface area contributed by atoms with E-state index in [0.717, 1.165) is 11.4 Å². The Balaban J connectivity index is 2.06. The molecule has 17 heavy (non-hydrogen) atoms. The fourth-order valence-electron chi connectivity index (χ4n) is 2.60. The van der Waals surface area contributed by atoms with E-state index in [-0.39, 0.29) is 0 Å². The minimum atomic E-state index is 0.958. The van der Waals surface area contributed by atoms with Crippen molar-refractivity contribution in [1.29, 1.82) is 0 Å². The number of hydrogen-bond donors (Lipinski definition) is 1. The van der Waals surface area contributed by atoms with Crippen molar-refractivity contribution in [3.63, 3.8) is 0 Å². The van der Waals surface area contributed by atoms with Crippen LogP contribution in [0.25, 0.3) is 11.1 Å². The van der Waals surface area contributed by atoms with Crippen molar-refractivity contribution in [1.82, 2.24) is 0 Å². The van der Waals surface area contributed by atoms with E-state index in [4.69, 9.17) is 5.73 Å². The quantitative estimate of drug-likeness (QED) is 0.846. The van der Waals surface area contributed by atoms with Gasteiger partial charge in [0.05, 0.1) is 5.00 Å². The summed E-state index contributed by atoms with van der Waals surface area (Å²) >= 11 is 1.72. The smallest absolute Gasteiger partial charge is 0.0938 e. The first-order valence-corrected chi connectivity index (χ1v) is 7.10. The molecule has 0 atom stereocenters. The zero-order valence-corrected chi connectivity index (χ0v) is 10.9. The Morgan fingerprint density at radius 2 is 2.00 bits per heavy atom. The van der Waals surface area contributed by atoms with Crippen LogP contribution in [0.5, 0.6) is 0 Å². The molecule has 1 aromatic heterocycles. The summed E-state index contributed by atoms with van der Waals surface area (Å²) in [6.07, 6.45) is 4.85. The van der Waals surface area contributed by atoms with Crippen LogP contribution in [0.3, 0.4) is 0 Å². The van der Waals surface area contributed by atoms with E-state index in [2.05, 4.69) is 31.2 Å². The topological polar surface area (TPSA) is 26.0 Å². The minimum Gasteiger partial charge on any atom is -0.390 e. The van der Waals surface area contributed by atoms with Gasteiger partial charge in [0.1, 0.15) is 0 Å². The number of fused-ring (bicyclic) bond motifs is 1. The minimum absolute atomic E-state index is 0.958. The molecule has 2 aromatic rings. The lowest BCUT2D eigenvalue weighted by Gasteiger charge is -2.04. The maximum absolute atomic E-state index is 6.11. The van der Waals surface area contributed by atoms with E-state index < -0.39 is 0 Å². The van der Waals surface area contributed by atoms with Crippen LogP contribution in [-0.4, -0.2) is 0 Å². The number of hydrogen-bond acceptors (Lipinski definition) is 2. The molecule has 0 radical (unpaired) electrons. The molecule has 1 aliphatic rings. The summed E-state index contributed by atoms with van der Waals surface area (Å²) in [6.45, 7) is 2.18.